The third kappa shape index (κ3) is 3.47. The Bertz CT molecular complexity index is 1200. The van der Waals surface area contributed by atoms with Crippen molar-refractivity contribution in [3.8, 4) is 5.69 Å². The van der Waals surface area contributed by atoms with E-state index in [-0.39, 0.29) is 5.91 Å². The van der Waals surface area contributed by atoms with Gasteiger partial charge in [0.1, 0.15) is 0 Å². The number of pyridine rings is 1. The topological polar surface area (TPSA) is 77.6 Å². The molecule has 1 fully saturated rings. The van der Waals surface area contributed by atoms with Crippen LogP contribution in [0, 0.1) is 6.92 Å². The quantitative estimate of drug-likeness (QED) is 0.539. The second-order valence-corrected chi connectivity index (χ2v) is 7.90. The molecule has 7 heteroatoms. The predicted molar refractivity (Wildman–Crippen MR) is 115 cm³/mol. The van der Waals surface area contributed by atoms with E-state index in [4.69, 9.17) is 4.98 Å². The molecular weight excluding hydrogens is 376 g/mol. The van der Waals surface area contributed by atoms with E-state index in [0.29, 0.717) is 18.0 Å². The van der Waals surface area contributed by atoms with Crippen molar-refractivity contribution in [1.82, 2.24) is 29.9 Å². The summed E-state index contributed by atoms with van der Waals surface area (Å²) in [6, 6.07) is 12.1. The SMILES string of the molecule is Cc1nn(C)c2nc(C3CC3)cc(C(=O)NCCc3ccc(-n4cccn4)cc3)c12. The first-order valence-electron chi connectivity index (χ1n) is 10.3. The van der Waals surface area contributed by atoms with E-state index in [1.165, 1.54) is 5.56 Å². The molecule has 1 aromatic carbocycles. The summed E-state index contributed by atoms with van der Waals surface area (Å²) in [5, 5.41) is 12.7. The van der Waals surface area contributed by atoms with E-state index in [0.717, 1.165) is 47.4 Å². The minimum Gasteiger partial charge on any atom is -0.352 e. The number of nitrogens with zero attached hydrogens (tertiary/aromatic N) is 5. The molecule has 7 nitrogen and oxygen atoms in total. The first kappa shape index (κ1) is 18.5. The Kier molecular flexibility index (Phi) is 4.58. The molecule has 0 aliphatic heterocycles. The molecular formula is C23H24N6O. The third-order valence-corrected chi connectivity index (χ3v) is 5.63. The molecule has 0 spiro atoms. The van der Waals surface area contributed by atoms with Crippen LogP contribution in [-0.4, -0.2) is 37.0 Å². The van der Waals surface area contributed by atoms with Gasteiger partial charge >= 0.3 is 0 Å². The first-order valence-corrected chi connectivity index (χ1v) is 10.3. The predicted octanol–water partition coefficient (Wildman–Crippen LogP) is 3.31. The molecule has 0 bridgehead atoms. The Hall–Kier alpha value is -3.48. The number of aromatic nitrogens is 5. The molecule has 3 aromatic heterocycles. The van der Waals surface area contributed by atoms with Crippen LogP contribution < -0.4 is 5.32 Å². The van der Waals surface area contributed by atoms with Gasteiger partial charge in [0.05, 0.1) is 22.3 Å². The van der Waals surface area contributed by atoms with Gasteiger partial charge < -0.3 is 5.32 Å². The maximum atomic E-state index is 13.0. The summed E-state index contributed by atoms with van der Waals surface area (Å²) in [6.07, 6.45) is 6.73. The molecule has 0 saturated heterocycles. The standard InChI is InChI=1S/C23H24N6O/c1-15-21-19(14-20(17-6-7-17)26-22(21)28(2)27-15)23(30)24-12-10-16-4-8-18(9-5-16)29-13-3-11-25-29/h3-5,8-9,11,13-14,17H,6-7,10,12H2,1-2H3,(H,24,30). The summed E-state index contributed by atoms with van der Waals surface area (Å²) in [7, 11) is 1.88. The highest BCUT2D eigenvalue weighted by atomic mass is 16.1. The molecule has 1 N–H and O–H groups in total. The minimum atomic E-state index is -0.0615. The largest absolute Gasteiger partial charge is 0.352 e. The summed E-state index contributed by atoms with van der Waals surface area (Å²) in [4.78, 5) is 17.8. The summed E-state index contributed by atoms with van der Waals surface area (Å²) >= 11 is 0. The van der Waals surface area contributed by atoms with Crippen LogP contribution in [0.4, 0.5) is 0 Å². The van der Waals surface area contributed by atoms with Crippen molar-refractivity contribution in [3.63, 3.8) is 0 Å². The van der Waals surface area contributed by atoms with E-state index in [2.05, 4.69) is 27.6 Å². The minimum absolute atomic E-state index is 0.0615. The van der Waals surface area contributed by atoms with E-state index in [1.807, 2.05) is 49.1 Å². The number of fused-ring (bicyclic) bond motifs is 1. The van der Waals surface area contributed by atoms with Gasteiger partial charge in [-0.05, 0) is 56.0 Å². The average Bonchev–Trinajstić information content (AvgIpc) is 3.38. The van der Waals surface area contributed by atoms with E-state index in [1.54, 1.807) is 10.9 Å². The lowest BCUT2D eigenvalue weighted by Gasteiger charge is -2.09. The van der Waals surface area contributed by atoms with Crippen LogP contribution in [0.25, 0.3) is 16.7 Å². The molecule has 3 heterocycles. The Morgan fingerprint density at radius 2 is 2.03 bits per heavy atom. The Morgan fingerprint density at radius 3 is 2.73 bits per heavy atom. The normalized spacial score (nSPS) is 13.7. The van der Waals surface area contributed by atoms with Crippen molar-refractivity contribution < 1.29 is 4.79 Å². The summed E-state index contributed by atoms with van der Waals surface area (Å²) < 4.78 is 3.60. The number of carbonyl (C=O) groups is 1. The van der Waals surface area contributed by atoms with Gasteiger partial charge in [-0.25, -0.2) is 9.67 Å². The maximum Gasteiger partial charge on any atom is 0.252 e. The first-order chi connectivity index (χ1) is 14.6. The number of hydrogen-bond acceptors (Lipinski definition) is 4. The highest BCUT2D eigenvalue weighted by molar-refractivity contribution is 6.06. The van der Waals surface area contributed by atoms with Crippen LogP contribution in [0.2, 0.25) is 0 Å². The molecule has 5 rings (SSSR count). The van der Waals surface area contributed by atoms with Crippen LogP contribution in [0.1, 0.15) is 46.1 Å². The Morgan fingerprint density at radius 1 is 1.23 bits per heavy atom. The maximum absolute atomic E-state index is 13.0. The van der Waals surface area contributed by atoms with Crippen LogP contribution >= 0.6 is 0 Å². The van der Waals surface area contributed by atoms with Gasteiger partial charge in [-0.3, -0.25) is 9.48 Å². The van der Waals surface area contributed by atoms with Crippen molar-refractivity contribution in [2.75, 3.05) is 6.54 Å². The second-order valence-electron chi connectivity index (χ2n) is 7.90. The van der Waals surface area contributed by atoms with E-state index < -0.39 is 0 Å². The molecule has 1 saturated carbocycles. The van der Waals surface area contributed by atoms with Gasteiger partial charge in [0.2, 0.25) is 0 Å². The van der Waals surface area contributed by atoms with Crippen molar-refractivity contribution in [2.24, 2.45) is 7.05 Å². The fourth-order valence-electron chi connectivity index (χ4n) is 3.88. The van der Waals surface area contributed by atoms with Gasteiger partial charge in [0, 0.05) is 37.6 Å². The fourth-order valence-corrected chi connectivity index (χ4v) is 3.88. The molecule has 0 radical (unpaired) electrons. The average molecular weight is 400 g/mol. The Labute approximate surface area is 174 Å². The number of nitrogens with one attached hydrogen (secondary N) is 1. The zero-order valence-corrected chi connectivity index (χ0v) is 17.2. The summed E-state index contributed by atoms with van der Waals surface area (Å²) in [5.41, 5.74) is 5.50. The van der Waals surface area contributed by atoms with Gasteiger partial charge in [-0.1, -0.05) is 12.1 Å². The highest BCUT2D eigenvalue weighted by Crippen LogP contribution is 2.40. The summed E-state index contributed by atoms with van der Waals surface area (Å²) in [5.74, 6) is 0.415. The molecule has 152 valence electrons. The van der Waals surface area contributed by atoms with Crippen molar-refractivity contribution in [2.45, 2.75) is 32.1 Å². The zero-order valence-electron chi connectivity index (χ0n) is 17.2. The molecule has 1 amide bonds. The van der Waals surface area contributed by atoms with Crippen molar-refractivity contribution in [1.29, 1.82) is 0 Å². The van der Waals surface area contributed by atoms with Crippen LogP contribution in [0.5, 0.6) is 0 Å². The van der Waals surface area contributed by atoms with Gasteiger partial charge in [0.25, 0.3) is 5.91 Å². The van der Waals surface area contributed by atoms with Gasteiger partial charge in [-0.2, -0.15) is 10.2 Å². The number of rotatable bonds is 6. The van der Waals surface area contributed by atoms with Crippen LogP contribution in [-0.2, 0) is 13.5 Å². The number of hydrogen-bond donors (Lipinski definition) is 1. The lowest BCUT2D eigenvalue weighted by Crippen LogP contribution is -2.26. The zero-order chi connectivity index (χ0) is 20.7. The lowest BCUT2D eigenvalue weighted by molar-refractivity contribution is 0.0955. The number of benzene rings is 1. The summed E-state index contributed by atoms with van der Waals surface area (Å²) in [6.45, 7) is 2.50. The molecule has 30 heavy (non-hydrogen) atoms. The molecule has 0 atom stereocenters. The third-order valence-electron chi connectivity index (χ3n) is 5.63. The van der Waals surface area contributed by atoms with E-state index >= 15 is 0 Å². The van der Waals surface area contributed by atoms with Gasteiger partial charge in [-0.15, -0.1) is 0 Å². The van der Waals surface area contributed by atoms with Crippen LogP contribution in [0.15, 0.2) is 48.8 Å². The fraction of sp³-hybridized carbons (Fsp3) is 0.304. The van der Waals surface area contributed by atoms with Crippen LogP contribution in [0.3, 0.4) is 0 Å². The molecule has 1 aliphatic carbocycles. The number of carbonyl (C=O) groups excluding carboxylic acids is 1. The molecule has 0 unspecified atom stereocenters. The highest BCUT2D eigenvalue weighted by Gasteiger charge is 2.28. The smallest absolute Gasteiger partial charge is 0.252 e. The number of aryl methyl sites for hydroxylation is 2. The van der Waals surface area contributed by atoms with Gasteiger partial charge in [0.15, 0.2) is 5.65 Å². The number of amides is 1. The lowest BCUT2D eigenvalue weighted by atomic mass is 10.1. The Balaban J connectivity index is 1.30. The van der Waals surface area contributed by atoms with E-state index in [9.17, 15) is 4.79 Å². The second kappa shape index (κ2) is 7.40. The molecule has 4 aromatic rings. The molecule has 1 aliphatic rings. The van der Waals surface area contributed by atoms with Crippen molar-refractivity contribution in [3.05, 3.63) is 71.3 Å². The monoisotopic (exact) mass is 400 g/mol. The van der Waals surface area contributed by atoms with Crippen molar-refractivity contribution >= 4 is 16.9 Å².